The monoisotopic (exact) mass is 369 g/mol. The average Bonchev–Trinajstić information content (AvgIpc) is 3.19. The van der Waals surface area contributed by atoms with Crippen molar-refractivity contribution in [1.29, 1.82) is 0 Å². The van der Waals surface area contributed by atoms with E-state index in [1.54, 1.807) is 11.8 Å². The third-order valence-corrected chi connectivity index (χ3v) is 6.04. The molecule has 1 saturated carbocycles. The summed E-state index contributed by atoms with van der Waals surface area (Å²) >= 11 is 1.67. The maximum atomic E-state index is 13.3. The molecule has 0 atom stereocenters. The van der Waals surface area contributed by atoms with Gasteiger partial charge in [-0.1, -0.05) is 25.0 Å². The first-order valence-corrected chi connectivity index (χ1v) is 10.3. The van der Waals surface area contributed by atoms with Crippen molar-refractivity contribution in [1.82, 2.24) is 0 Å². The Balaban J connectivity index is 1.64. The molecule has 1 fully saturated rings. The smallest absolute Gasteiger partial charge is 0.235 e. The molecule has 136 valence electrons. The highest BCUT2D eigenvalue weighted by Gasteiger charge is 2.43. The second-order valence-corrected chi connectivity index (χ2v) is 7.71. The number of anilines is 1. The Morgan fingerprint density at radius 2 is 1.81 bits per heavy atom. The van der Waals surface area contributed by atoms with Gasteiger partial charge in [-0.15, -0.1) is 11.8 Å². The number of rotatable bonds is 4. The van der Waals surface area contributed by atoms with Gasteiger partial charge in [0.05, 0.1) is 5.41 Å². The van der Waals surface area contributed by atoms with Crippen molar-refractivity contribution < 1.29 is 14.3 Å². The number of carbonyl (C=O) groups is 1. The molecular weight excluding hydrogens is 346 g/mol. The Hall–Kier alpha value is -2.14. The minimum absolute atomic E-state index is 0.0740. The zero-order valence-electron chi connectivity index (χ0n) is 14.9. The highest BCUT2D eigenvalue weighted by atomic mass is 32.2. The van der Waals surface area contributed by atoms with Crippen molar-refractivity contribution in [3.63, 3.8) is 0 Å². The number of fused-ring (bicyclic) bond motifs is 1. The van der Waals surface area contributed by atoms with E-state index in [-0.39, 0.29) is 5.91 Å². The second kappa shape index (κ2) is 7.23. The van der Waals surface area contributed by atoms with Crippen molar-refractivity contribution in [2.24, 2.45) is 0 Å². The quantitative estimate of drug-likeness (QED) is 0.798. The maximum Gasteiger partial charge on any atom is 0.235 e. The molecule has 0 aromatic heterocycles. The lowest BCUT2D eigenvalue weighted by Crippen LogP contribution is -2.38. The van der Waals surface area contributed by atoms with Crippen LogP contribution in [0.25, 0.3) is 0 Å². The van der Waals surface area contributed by atoms with E-state index < -0.39 is 5.41 Å². The molecule has 0 saturated heterocycles. The fourth-order valence-electron chi connectivity index (χ4n) is 3.92. The molecule has 5 heteroatoms. The van der Waals surface area contributed by atoms with Gasteiger partial charge >= 0.3 is 0 Å². The Morgan fingerprint density at radius 3 is 2.58 bits per heavy atom. The summed E-state index contributed by atoms with van der Waals surface area (Å²) in [6, 6.07) is 14.0. The lowest BCUT2D eigenvalue weighted by Gasteiger charge is -2.30. The molecule has 4 nitrogen and oxygen atoms in total. The van der Waals surface area contributed by atoms with Gasteiger partial charge in [-0.05, 0) is 55.0 Å². The summed E-state index contributed by atoms with van der Waals surface area (Å²) in [5, 5.41) is 3.15. The minimum Gasteiger partial charge on any atom is -0.486 e. The van der Waals surface area contributed by atoms with Gasteiger partial charge in [0.1, 0.15) is 13.2 Å². The summed E-state index contributed by atoms with van der Waals surface area (Å²) in [6.07, 6.45) is 5.88. The van der Waals surface area contributed by atoms with Gasteiger partial charge in [-0.25, -0.2) is 0 Å². The van der Waals surface area contributed by atoms with Gasteiger partial charge in [-0.2, -0.15) is 0 Å². The number of nitrogens with one attached hydrogen (secondary N) is 1. The van der Waals surface area contributed by atoms with E-state index in [2.05, 4.69) is 5.32 Å². The molecule has 1 N–H and O–H groups in total. The Bertz CT molecular complexity index is 815. The zero-order valence-corrected chi connectivity index (χ0v) is 15.7. The topological polar surface area (TPSA) is 47.6 Å². The second-order valence-electron chi connectivity index (χ2n) is 6.83. The Labute approximate surface area is 158 Å². The molecule has 1 heterocycles. The predicted octanol–water partition coefficient (Wildman–Crippen LogP) is 4.63. The number of thioether (sulfide) groups is 1. The Morgan fingerprint density at radius 1 is 1.04 bits per heavy atom. The first kappa shape index (κ1) is 17.3. The molecule has 0 bridgehead atoms. The summed E-state index contributed by atoms with van der Waals surface area (Å²) < 4.78 is 11.4. The van der Waals surface area contributed by atoms with Crippen LogP contribution in [0, 0.1) is 0 Å². The fourth-order valence-corrected chi connectivity index (χ4v) is 4.38. The average molecular weight is 369 g/mol. The van der Waals surface area contributed by atoms with Crippen LogP contribution in [0.2, 0.25) is 0 Å². The summed E-state index contributed by atoms with van der Waals surface area (Å²) in [5.74, 6) is 1.59. The molecular formula is C21H23NO3S. The molecule has 26 heavy (non-hydrogen) atoms. The predicted molar refractivity (Wildman–Crippen MR) is 104 cm³/mol. The van der Waals surface area contributed by atoms with Crippen molar-refractivity contribution >= 4 is 23.4 Å². The fraction of sp³-hybridized carbons (Fsp3) is 0.381. The van der Waals surface area contributed by atoms with Crippen LogP contribution >= 0.6 is 11.8 Å². The van der Waals surface area contributed by atoms with Gasteiger partial charge in [0.25, 0.3) is 0 Å². The number of hydrogen-bond acceptors (Lipinski definition) is 4. The van der Waals surface area contributed by atoms with Crippen LogP contribution in [0.3, 0.4) is 0 Å². The van der Waals surface area contributed by atoms with Crippen molar-refractivity contribution in [3.8, 4) is 11.5 Å². The lowest BCUT2D eigenvalue weighted by molar-refractivity contribution is -0.121. The third-order valence-electron chi connectivity index (χ3n) is 5.31. The molecule has 0 unspecified atom stereocenters. The molecule has 0 spiro atoms. The van der Waals surface area contributed by atoms with Crippen molar-refractivity contribution in [3.05, 3.63) is 48.0 Å². The SMILES string of the molecule is CSc1cccc(NC(=O)C2(c3ccc4c(c3)OCCO4)CCCC2)c1. The van der Waals surface area contributed by atoms with Gasteiger partial charge < -0.3 is 14.8 Å². The molecule has 2 aromatic rings. The third kappa shape index (κ3) is 3.16. The van der Waals surface area contributed by atoms with E-state index >= 15 is 0 Å². The van der Waals surface area contributed by atoms with Crippen LogP contribution in [0.4, 0.5) is 5.69 Å². The van der Waals surface area contributed by atoms with Crippen LogP contribution in [-0.4, -0.2) is 25.4 Å². The first-order valence-electron chi connectivity index (χ1n) is 9.07. The van der Waals surface area contributed by atoms with E-state index in [0.717, 1.165) is 53.3 Å². The standard InChI is InChI=1S/C21H23NO3S/c1-26-17-6-4-5-16(14-17)22-20(23)21(9-2-3-10-21)15-7-8-18-19(13-15)25-12-11-24-18/h4-8,13-14H,2-3,9-12H2,1H3,(H,22,23). The van der Waals surface area contributed by atoms with E-state index in [1.807, 2.05) is 48.7 Å². The largest absolute Gasteiger partial charge is 0.486 e. The molecule has 1 amide bonds. The van der Waals surface area contributed by atoms with Gasteiger partial charge in [0.2, 0.25) is 5.91 Å². The molecule has 2 aliphatic rings. The summed E-state index contributed by atoms with van der Waals surface area (Å²) in [5.41, 5.74) is 1.38. The van der Waals surface area contributed by atoms with Gasteiger partial charge in [0.15, 0.2) is 11.5 Å². The van der Waals surface area contributed by atoms with Crippen LogP contribution in [0.5, 0.6) is 11.5 Å². The molecule has 0 radical (unpaired) electrons. The maximum absolute atomic E-state index is 13.3. The molecule has 2 aromatic carbocycles. The first-order chi connectivity index (χ1) is 12.7. The van der Waals surface area contributed by atoms with Crippen LogP contribution < -0.4 is 14.8 Å². The summed E-state index contributed by atoms with van der Waals surface area (Å²) in [7, 11) is 0. The van der Waals surface area contributed by atoms with Crippen LogP contribution in [-0.2, 0) is 10.2 Å². The summed E-state index contributed by atoms with van der Waals surface area (Å²) in [4.78, 5) is 14.5. The Kier molecular flexibility index (Phi) is 4.81. The summed E-state index contributed by atoms with van der Waals surface area (Å²) in [6.45, 7) is 1.13. The van der Waals surface area contributed by atoms with Crippen molar-refractivity contribution in [2.75, 3.05) is 24.8 Å². The van der Waals surface area contributed by atoms with E-state index in [0.29, 0.717) is 13.2 Å². The normalized spacial score (nSPS) is 17.7. The highest BCUT2D eigenvalue weighted by Crippen LogP contribution is 2.45. The number of carbonyl (C=O) groups excluding carboxylic acids is 1. The minimum atomic E-state index is -0.495. The number of ether oxygens (including phenoxy) is 2. The van der Waals surface area contributed by atoms with E-state index in [1.165, 1.54) is 0 Å². The van der Waals surface area contributed by atoms with E-state index in [4.69, 9.17) is 9.47 Å². The van der Waals surface area contributed by atoms with Gasteiger partial charge in [-0.3, -0.25) is 4.79 Å². The van der Waals surface area contributed by atoms with E-state index in [9.17, 15) is 4.79 Å². The number of benzene rings is 2. The molecule has 4 rings (SSSR count). The lowest BCUT2D eigenvalue weighted by atomic mass is 9.77. The zero-order chi connectivity index (χ0) is 18.0. The highest BCUT2D eigenvalue weighted by molar-refractivity contribution is 7.98. The van der Waals surface area contributed by atoms with Crippen LogP contribution in [0.1, 0.15) is 31.2 Å². The van der Waals surface area contributed by atoms with Crippen LogP contribution in [0.15, 0.2) is 47.4 Å². The number of hydrogen-bond donors (Lipinski definition) is 1. The van der Waals surface area contributed by atoms with Crippen molar-refractivity contribution in [2.45, 2.75) is 36.0 Å². The molecule has 1 aliphatic heterocycles. The van der Waals surface area contributed by atoms with Gasteiger partial charge in [0, 0.05) is 10.6 Å². The number of amides is 1. The molecule has 1 aliphatic carbocycles.